The smallest absolute Gasteiger partial charge is 0.269 e. The third-order valence-corrected chi connectivity index (χ3v) is 4.75. The summed E-state index contributed by atoms with van der Waals surface area (Å²) < 4.78 is 6.50. The number of hydrogen-bond donors (Lipinski definition) is 2. The van der Waals surface area contributed by atoms with Gasteiger partial charge in [0.1, 0.15) is 11.4 Å². The Kier molecular flexibility index (Phi) is 5.89. The van der Waals surface area contributed by atoms with Crippen molar-refractivity contribution in [2.75, 3.05) is 13.7 Å². The van der Waals surface area contributed by atoms with Gasteiger partial charge in [0.05, 0.1) is 25.0 Å². The van der Waals surface area contributed by atoms with Gasteiger partial charge >= 0.3 is 0 Å². The van der Waals surface area contributed by atoms with E-state index in [2.05, 4.69) is 20.6 Å². The van der Waals surface area contributed by atoms with E-state index in [1.807, 2.05) is 54.6 Å². The molecule has 8 nitrogen and oxygen atoms in total. The second-order valence-corrected chi connectivity index (χ2v) is 6.80. The first-order valence-electron chi connectivity index (χ1n) is 9.75. The summed E-state index contributed by atoms with van der Waals surface area (Å²) in [5.41, 5.74) is 3.25. The summed E-state index contributed by atoms with van der Waals surface area (Å²) in [5.74, 6) is 0.447. The molecule has 4 rings (SSSR count). The van der Waals surface area contributed by atoms with Gasteiger partial charge in [0, 0.05) is 23.7 Å². The molecule has 0 aliphatic carbocycles. The Morgan fingerprint density at radius 2 is 1.74 bits per heavy atom. The number of benzene rings is 2. The van der Waals surface area contributed by atoms with Gasteiger partial charge in [-0.15, -0.1) is 0 Å². The lowest BCUT2D eigenvalue weighted by molar-refractivity contribution is 0.0946. The highest BCUT2D eigenvalue weighted by atomic mass is 16.5. The van der Waals surface area contributed by atoms with Gasteiger partial charge in [-0.3, -0.25) is 14.7 Å². The number of ether oxygens (including phenoxy) is 1. The van der Waals surface area contributed by atoms with Crippen LogP contribution in [0.15, 0.2) is 77.6 Å². The largest absolute Gasteiger partial charge is 0.497 e. The van der Waals surface area contributed by atoms with Crippen LogP contribution in [0, 0.1) is 0 Å². The van der Waals surface area contributed by atoms with Crippen molar-refractivity contribution >= 4 is 5.91 Å². The van der Waals surface area contributed by atoms with Crippen LogP contribution in [0.25, 0.3) is 22.5 Å². The number of aromatic amines is 1. The fraction of sp³-hybridized carbons (Fsp3) is 0.130. The zero-order chi connectivity index (χ0) is 21.6. The molecule has 4 aromatic rings. The summed E-state index contributed by atoms with van der Waals surface area (Å²) in [4.78, 5) is 24.6. The first kappa shape index (κ1) is 20.1. The van der Waals surface area contributed by atoms with Crippen molar-refractivity contribution in [2.45, 2.75) is 6.54 Å². The van der Waals surface area contributed by atoms with Crippen LogP contribution in [0.5, 0.6) is 5.75 Å². The van der Waals surface area contributed by atoms with Gasteiger partial charge in [-0.25, -0.2) is 4.68 Å². The molecule has 0 spiro atoms. The Balaban J connectivity index is 1.39. The van der Waals surface area contributed by atoms with Crippen LogP contribution in [-0.4, -0.2) is 39.5 Å². The number of hydrogen-bond acceptors (Lipinski definition) is 5. The molecule has 2 heterocycles. The van der Waals surface area contributed by atoms with E-state index in [1.165, 1.54) is 10.7 Å². The highest BCUT2D eigenvalue weighted by Crippen LogP contribution is 2.19. The minimum absolute atomic E-state index is 0.237. The maximum Gasteiger partial charge on any atom is 0.269 e. The average molecular weight is 415 g/mol. The number of aromatic nitrogens is 4. The van der Waals surface area contributed by atoms with Gasteiger partial charge in [0.25, 0.3) is 11.5 Å². The first-order chi connectivity index (χ1) is 15.1. The lowest BCUT2D eigenvalue weighted by Crippen LogP contribution is -2.32. The van der Waals surface area contributed by atoms with E-state index in [0.717, 1.165) is 16.9 Å². The van der Waals surface area contributed by atoms with Gasteiger partial charge in [-0.05, 0) is 36.4 Å². The molecule has 0 atom stereocenters. The van der Waals surface area contributed by atoms with Crippen LogP contribution in [-0.2, 0) is 6.54 Å². The number of nitrogens with zero attached hydrogens (tertiary/aromatic N) is 3. The number of H-pyrrole nitrogens is 1. The van der Waals surface area contributed by atoms with E-state index in [9.17, 15) is 9.59 Å². The summed E-state index contributed by atoms with van der Waals surface area (Å²) in [5, 5.41) is 14.1. The second kappa shape index (κ2) is 9.08. The number of carbonyl (C=O) groups excluding carboxylic acids is 1. The van der Waals surface area contributed by atoms with Gasteiger partial charge in [0.15, 0.2) is 0 Å². The summed E-state index contributed by atoms with van der Waals surface area (Å²) in [6.45, 7) is 0.492. The van der Waals surface area contributed by atoms with Gasteiger partial charge in [-0.2, -0.15) is 10.2 Å². The van der Waals surface area contributed by atoms with Crippen molar-refractivity contribution in [2.24, 2.45) is 0 Å². The van der Waals surface area contributed by atoms with Crippen LogP contribution in [0.4, 0.5) is 0 Å². The Morgan fingerprint density at radius 1 is 1.00 bits per heavy atom. The van der Waals surface area contributed by atoms with Crippen LogP contribution in [0.3, 0.4) is 0 Å². The number of methoxy groups -OCH3 is 1. The van der Waals surface area contributed by atoms with E-state index >= 15 is 0 Å². The molecule has 0 unspecified atom stereocenters. The van der Waals surface area contributed by atoms with Gasteiger partial charge in [-0.1, -0.05) is 30.3 Å². The minimum Gasteiger partial charge on any atom is -0.497 e. The zero-order valence-electron chi connectivity index (χ0n) is 16.9. The standard InChI is InChI=1S/C23H21N5O3/c1-31-18-9-7-17(8-10-18)19-11-12-22(29)28(27-19)14-13-24-23(30)21-15-20(25-26-21)16-5-3-2-4-6-16/h2-12,15H,13-14H2,1H3,(H,24,30)(H,25,26). The molecule has 2 aromatic heterocycles. The van der Waals surface area contributed by atoms with Crippen molar-refractivity contribution in [3.63, 3.8) is 0 Å². The fourth-order valence-corrected chi connectivity index (χ4v) is 3.09. The van der Waals surface area contributed by atoms with E-state index in [-0.39, 0.29) is 24.6 Å². The molecule has 0 aliphatic heterocycles. The predicted molar refractivity (Wildman–Crippen MR) is 117 cm³/mol. The Labute approximate surface area is 178 Å². The monoisotopic (exact) mass is 415 g/mol. The maximum absolute atomic E-state index is 12.4. The molecule has 0 aliphatic rings. The van der Waals surface area contributed by atoms with Crippen molar-refractivity contribution in [1.82, 2.24) is 25.3 Å². The molecule has 0 fully saturated rings. The van der Waals surface area contributed by atoms with Crippen molar-refractivity contribution in [3.8, 4) is 28.3 Å². The van der Waals surface area contributed by atoms with Crippen LogP contribution in [0.1, 0.15) is 10.5 Å². The van der Waals surface area contributed by atoms with E-state index in [4.69, 9.17) is 4.74 Å². The second-order valence-electron chi connectivity index (χ2n) is 6.80. The lowest BCUT2D eigenvalue weighted by atomic mass is 10.1. The van der Waals surface area contributed by atoms with Gasteiger partial charge in [0.2, 0.25) is 0 Å². The normalized spacial score (nSPS) is 10.6. The number of nitrogens with one attached hydrogen (secondary N) is 2. The molecule has 156 valence electrons. The average Bonchev–Trinajstić information content (AvgIpc) is 3.31. The van der Waals surface area contributed by atoms with Crippen LogP contribution < -0.4 is 15.6 Å². The fourth-order valence-electron chi connectivity index (χ4n) is 3.09. The van der Waals surface area contributed by atoms with Crippen molar-refractivity contribution in [1.29, 1.82) is 0 Å². The molecular weight excluding hydrogens is 394 g/mol. The van der Waals surface area contributed by atoms with Crippen LogP contribution in [0.2, 0.25) is 0 Å². The maximum atomic E-state index is 12.4. The van der Waals surface area contributed by atoms with Crippen molar-refractivity contribution in [3.05, 3.63) is 88.8 Å². The van der Waals surface area contributed by atoms with E-state index < -0.39 is 0 Å². The molecule has 31 heavy (non-hydrogen) atoms. The lowest BCUT2D eigenvalue weighted by Gasteiger charge is -2.08. The molecule has 0 bridgehead atoms. The van der Waals surface area contributed by atoms with E-state index in [1.54, 1.807) is 19.2 Å². The van der Waals surface area contributed by atoms with Crippen molar-refractivity contribution < 1.29 is 9.53 Å². The molecule has 0 saturated carbocycles. The molecular formula is C23H21N5O3. The predicted octanol–water partition coefficient (Wildman–Crippen LogP) is 2.74. The van der Waals surface area contributed by atoms with Crippen LogP contribution >= 0.6 is 0 Å². The summed E-state index contributed by atoms with van der Waals surface area (Å²) in [6.07, 6.45) is 0. The molecule has 0 radical (unpaired) electrons. The Morgan fingerprint density at radius 3 is 2.48 bits per heavy atom. The highest BCUT2D eigenvalue weighted by molar-refractivity contribution is 5.93. The Hall–Kier alpha value is -4.20. The number of carbonyl (C=O) groups is 1. The highest BCUT2D eigenvalue weighted by Gasteiger charge is 2.11. The molecule has 1 amide bonds. The third kappa shape index (κ3) is 4.69. The summed E-state index contributed by atoms with van der Waals surface area (Å²) in [7, 11) is 1.60. The Bertz CT molecular complexity index is 1230. The number of amides is 1. The quantitative estimate of drug-likeness (QED) is 0.483. The summed E-state index contributed by atoms with van der Waals surface area (Å²) >= 11 is 0. The molecule has 2 aromatic carbocycles. The van der Waals surface area contributed by atoms with E-state index in [0.29, 0.717) is 17.1 Å². The van der Waals surface area contributed by atoms with Gasteiger partial charge < -0.3 is 10.1 Å². The number of rotatable bonds is 7. The third-order valence-electron chi connectivity index (χ3n) is 4.75. The molecule has 8 heteroatoms. The molecule has 2 N–H and O–H groups in total. The minimum atomic E-state index is -0.297. The molecule has 0 saturated heterocycles. The zero-order valence-corrected chi connectivity index (χ0v) is 16.9. The SMILES string of the molecule is COc1ccc(-c2ccc(=O)n(CCNC(=O)c3cc(-c4ccccc4)n[nH]3)n2)cc1. The first-order valence-corrected chi connectivity index (χ1v) is 9.75. The topological polar surface area (TPSA) is 102 Å². The summed E-state index contributed by atoms with van der Waals surface area (Å²) in [6, 6.07) is 21.8.